The number of aliphatic hydroxyl groups excluding tert-OH is 1. The van der Waals surface area contributed by atoms with Crippen molar-refractivity contribution in [1.82, 2.24) is 44.5 Å². The van der Waals surface area contributed by atoms with Crippen LogP contribution in [-0.4, -0.2) is 231 Å². The average Bonchev–Trinajstić information content (AvgIpc) is 1.59. The van der Waals surface area contributed by atoms with Crippen LogP contribution in [0.5, 0.6) is 0 Å². The quantitative estimate of drug-likeness (QED) is 0.116. The Morgan fingerprint density at radius 1 is 0.396 bits per heavy atom. The minimum Gasteiger partial charge on any atom is -0.393 e. The number of piperazine rings is 1. The summed E-state index contributed by atoms with van der Waals surface area (Å²) in [7, 11) is 8.32. The second-order valence-electron chi connectivity index (χ2n) is 28.9. The average molecular weight is 1320 g/mol. The fourth-order valence-corrected chi connectivity index (χ4v) is 13.0. The number of nitrogens with one attached hydrogen (secondary N) is 1. The number of ether oxygens (including phenoxy) is 1. The maximum absolute atomic E-state index is 12.7. The first-order chi connectivity index (χ1) is 45.9. The molecule has 6 fully saturated rings. The van der Waals surface area contributed by atoms with Crippen molar-refractivity contribution in [2.45, 2.75) is 162 Å². The van der Waals surface area contributed by atoms with Crippen molar-refractivity contribution < 1.29 is 33.8 Å². The minimum absolute atomic E-state index is 0.0807. The number of likely N-dealkylation sites (N-methyl/N-ethyl adjacent to an activating group) is 2. The highest BCUT2D eigenvalue weighted by atomic mass is 16.5. The Bertz CT molecular complexity index is 3100. The topological polar surface area (TPSA) is 153 Å². The first kappa shape index (κ1) is 76.6. The normalized spacial score (nSPS) is 19.0. The van der Waals surface area contributed by atoms with Gasteiger partial charge in [0.1, 0.15) is 0 Å². The van der Waals surface area contributed by atoms with E-state index in [9.17, 15) is 29.1 Å². The molecular formula is C80H117N9O7. The van der Waals surface area contributed by atoms with Gasteiger partial charge in [-0.1, -0.05) is 130 Å². The van der Waals surface area contributed by atoms with Crippen LogP contribution >= 0.6 is 0 Å². The van der Waals surface area contributed by atoms with Crippen molar-refractivity contribution in [2.75, 3.05) is 133 Å². The van der Waals surface area contributed by atoms with E-state index in [1.165, 1.54) is 53.7 Å². The molecule has 11 rings (SSSR count). The molecule has 6 heterocycles. The number of carbonyl (C=O) groups excluding carboxylic acids is 5. The Morgan fingerprint density at radius 3 is 1.01 bits per heavy atom. The van der Waals surface area contributed by atoms with Crippen LogP contribution in [-0.2, 0) is 4.74 Å². The Hall–Kier alpha value is -6.79. The minimum atomic E-state index is -0.239. The van der Waals surface area contributed by atoms with Gasteiger partial charge in [-0.15, -0.1) is 0 Å². The maximum atomic E-state index is 12.7. The Labute approximate surface area is 576 Å². The Kier molecular flexibility index (Phi) is 30.2. The molecule has 6 aliphatic rings. The van der Waals surface area contributed by atoms with Gasteiger partial charge >= 0.3 is 0 Å². The van der Waals surface area contributed by atoms with E-state index in [2.05, 4.69) is 147 Å². The SMILES string of the molecule is CC(C)c1ccc(C(=O)N2CCC(N(C)C)C2)cc1.CC(C)c1ccc(C(=O)N2CCC(O)CC2)cc1.CC(C)c1ccc(C(=O)N2CCN(C3CCN(C)CC3)CC2)cc1.CC(C)c1ccc(C(=O)N2CCOCC2)cc1.CNC1CCN(C(=O)c2ccc(C(C)C)cc2)C1. The standard InChI is InChI=1S/C20H31N3O.C16H24N2O.C15H22N2O.C15H21NO2.C14H19NO2/c1-16(2)17-4-6-18(7-5-17)20(24)23-14-12-22(13-15-23)19-8-10-21(3)11-9-19;1-12(2)13-5-7-14(8-6-13)16(19)18-10-9-15(11-18)17(3)4;1-11(2)12-4-6-13(7-5-12)15(18)17-9-8-14(10-17)16-3;1-11(2)12-3-5-13(6-4-12)15(18)16-9-7-14(17)8-10-16;1-11(2)12-3-5-13(6-4-12)14(16)15-7-9-17-10-8-15/h4-7,16,19H,8-15H2,1-3H3;5-8,12,15H,9-11H2,1-4H3;4-7,11,14,16H,8-10H2,1-3H3;3-6,11,14,17H,7-10H2,1-2H3;3-6,11H,7-10H2,1-2H3. The number of morpholine rings is 1. The monoisotopic (exact) mass is 1320 g/mol. The molecule has 524 valence electrons. The molecule has 6 aliphatic heterocycles. The summed E-state index contributed by atoms with van der Waals surface area (Å²) >= 11 is 0. The van der Waals surface area contributed by atoms with Crippen molar-refractivity contribution in [3.05, 3.63) is 177 Å². The Balaban J connectivity index is 0.000000170. The van der Waals surface area contributed by atoms with Crippen LogP contribution in [0.2, 0.25) is 0 Å². The molecule has 5 aromatic carbocycles. The zero-order chi connectivity index (χ0) is 69.6. The smallest absolute Gasteiger partial charge is 0.254 e. The van der Waals surface area contributed by atoms with Crippen molar-refractivity contribution in [2.24, 2.45) is 0 Å². The van der Waals surface area contributed by atoms with E-state index >= 15 is 0 Å². The molecular weight excluding hydrogens is 1200 g/mol. The van der Waals surface area contributed by atoms with Crippen LogP contribution in [0.3, 0.4) is 0 Å². The zero-order valence-corrected chi connectivity index (χ0v) is 60.8. The number of likely N-dealkylation sites (tertiary alicyclic amines) is 4. The lowest BCUT2D eigenvalue weighted by molar-refractivity contribution is 0.0302. The molecule has 0 radical (unpaired) electrons. The summed E-state index contributed by atoms with van der Waals surface area (Å²) in [6, 6.07) is 41.7. The molecule has 0 spiro atoms. The fraction of sp³-hybridized carbons (Fsp3) is 0.562. The van der Waals surface area contributed by atoms with E-state index in [1.807, 2.05) is 116 Å². The summed E-state index contributed by atoms with van der Waals surface area (Å²) in [5.41, 5.74) is 10.3. The predicted octanol–water partition coefficient (Wildman–Crippen LogP) is 12.2. The number of amides is 5. The molecule has 0 aromatic heterocycles. The molecule has 0 saturated carbocycles. The molecule has 2 N–H and O–H groups in total. The van der Waals surface area contributed by atoms with Gasteiger partial charge in [-0.3, -0.25) is 28.9 Å². The molecule has 0 aliphatic carbocycles. The summed E-state index contributed by atoms with van der Waals surface area (Å²) in [6.07, 6.45) is 5.79. The number of benzene rings is 5. The summed E-state index contributed by atoms with van der Waals surface area (Å²) in [5.74, 6) is 3.22. The second-order valence-corrected chi connectivity index (χ2v) is 28.9. The number of piperidine rings is 2. The summed E-state index contributed by atoms with van der Waals surface area (Å²) < 4.78 is 5.24. The van der Waals surface area contributed by atoms with Gasteiger partial charge in [-0.2, -0.15) is 0 Å². The largest absolute Gasteiger partial charge is 0.393 e. The van der Waals surface area contributed by atoms with Crippen LogP contribution in [0.25, 0.3) is 0 Å². The van der Waals surface area contributed by atoms with Crippen molar-refractivity contribution in [3.8, 4) is 0 Å². The molecule has 5 amide bonds. The number of nitrogens with zero attached hydrogens (tertiary/aromatic N) is 8. The van der Waals surface area contributed by atoms with Gasteiger partial charge in [0.15, 0.2) is 0 Å². The zero-order valence-electron chi connectivity index (χ0n) is 60.8. The predicted molar refractivity (Wildman–Crippen MR) is 390 cm³/mol. The highest BCUT2D eigenvalue weighted by Gasteiger charge is 2.31. The van der Waals surface area contributed by atoms with E-state index in [0.29, 0.717) is 99.9 Å². The lowest BCUT2D eigenvalue weighted by atomic mass is 10.0. The van der Waals surface area contributed by atoms with Crippen LogP contribution in [0.15, 0.2) is 121 Å². The highest BCUT2D eigenvalue weighted by Crippen LogP contribution is 2.25. The number of hydrogen-bond acceptors (Lipinski definition) is 11. The molecule has 96 heavy (non-hydrogen) atoms. The lowest BCUT2D eigenvalue weighted by Crippen LogP contribution is -2.54. The van der Waals surface area contributed by atoms with Gasteiger partial charge in [0.25, 0.3) is 29.5 Å². The van der Waals surface area contributed by atoms with Gasteiger partial charge in [-0.25, -0.2) is 0 Å². The van der Waals surface area contributed by atoms with Gasteiger partial charge in [-0.05, 0) is 198 Å². The number of rotatable bonds is 13. The van der Waals surface area contributed by atoms with Gasteiger partial charge < -0.3 is 49.5 Å². The Morgan fingerprint density at radius 2 is 0.698 bits per heavy atom. The second kappa shape index (κ2) is 37.8. The molecule has 16 nitrogen and oxygen atoms in total. The number of carbonyl (C=O) groups is 5. The number of hydrogen-bond donors (Lipinski definition) is 2. The van der Waals surface area contributed by atoms with Crippen molar-refractivity contribution in [3.63, 3.8) is 0 Å². The van der Waals surface area contributed by atoms with Crippen LogP contribution in [0.4, 0.5) is 0 Å². The van der Waals surface area contributed by atoms with E-state index < -0.39 is 0 Å². The third kappa shape index (κ3) is 22.6. The third-order valence-electron chi connectivity index (χ3n) is 20.0. The van der Waals surface area contributed by atoms with E-state index in [-0.39, 0.29) is 35.6 Å². The van der Waals surface area contributed by atoms with Crippen LogP contribution in [0.1, 0.15) is 217 Å². The fourth-order valence-electron chi connectivity index (χ4n) is 13.0. The van der Waals surface area contributed by atoms with E-state index in [0.717, 1.165) is 93.0 Å². The summed E-state index contributed by atoms with van der Waals surface area (Å²) in [5, 5.41) is 12.7. The number of aliphatic hydroxyl groups is 1. The van der Waals surface area contributed by atoms with E-state index in [4.69, 9.17) is 4.74 Å². The van der Waals surface area contributed by atoms with Gasteiger partial charge in [0, 0.05) is 124 Å². The van der Waals surface area contributed by atoms with Gasteiger partial charge in [0.05, 0.1) is 19.3 Å². The van der Waals surface area contributed by atoms with Gasteiger partial charge in [0.2, 0.25) is 0 Å². The van der Waals surface area contributed by atoms with Crippen LogP contribution < -0.4 is 5.32 Å². The van der Waals surface area contributed by atoms with Crippen molar-refractivity contribution in [1.29, 1.82) is 0 Å². The van der Waals surface area contributed by atoms with E-state index in [1.54, 1.807) is 0 Å². The van der Waals surface area contributed by atoms with Crippen molar-refractivity contribution >= 4 is 29.5 Å². The summed E-state index contributed by atoms with van der Waals surface area (Å²) in [6.45, 7) is 35.2. The maximum Gasteiger partial charge on any atom is 0.254 e. The molecule has 5 aromatic rings. The molecule has 16 heteroatoms. The lowest BCUT2D eigenvalue weighted by Gasteiger charge is -2.42. The van der Waals surface area contributed by atoms with Crippen LogP contribution in [0, 0.1) is 0 Å². The first-order valence-corrected chi connectivity index (χ1v) is 35.9. The summed E-state index contributed by atoms with van der Waals surface area (Å²) in [4.78, 5) is 78.6. The molecule has 2 atom stereocenters. The molecule has 0 bridgehead atoms. The molecule has 2 unspecified atom stereocenters. The first-order valence-electron chi connectivity index (χ1n) is 35.9. The third-order valence-corrected chi connectivity index (χ3v) is 20.0. The molecule has 6 saturated heterocycles. The highest BCUT2D eigenvalue weighted by molar-refractivity contribution is 5.96.